The number of nitrogens with zero attached hydrogens (tertiary/aromatic N) is 1. The predicted molar refractivity (Wildman–Crippen MR) is 66.7 cm³/mol. The molecule has 2 aliphatic heterocycles. The van der Waals surface area contributed by atoms with Crippen LogP contribution in [0.4, 0.5) is 0 Å². The molecular formula is C11H22N2O3S. The lowest BCUT2D eigenvalue weighted by atomic mass is 9.97. The van der Waals surface area contributed by atoms with E-state index >= 15 is 0 Å². The molecule has 0 aromatic heterocycles. The van der Waals surface area contributed by atoms with E-state index in [2.05, 4.69) is 24.1 Å². The summed E-state index contributed by atoms with van der Waals surface area (Å²) in [5.74, 6) is 0.541. The van der Waals surface area contributed by atoms with E-state index in [4.69, 9.17) is 0 Å². The van der Waals surface area contributed by atoms with Crippen molar-refractivity contribution in [2.45, 2.75) is 37.9 Å². The van der Waals surface area contributed by atoms with Crippen LogP contribution in [0, 0.1) is 0 Å². The molecule has 0 aromatic carbocycles. The van der Waals surface area contributed by atoms with E-state index in [1.807, 2.05) is 0 Å². The van der Waals surface area contributed by atoms with Gasteiger partial charge in [-0.1, -0.05) is 0 Å². The summed E-state index contributed by atoms with van der Waals surface area (Å²) in [6.45, 7) is 5.81. The zero-order chi connectivity index (χ0) is 12.7. The van der Waals surface area contributed by atoms with E-state index in [0.29, 0.717) is 12.2 Å². The first kappa shape index (κ1) is 13.3. The van der Waals surface area contributed by atoms with Crippen LogP contribution in [0.25, 0.3) is 0 Å². The van der Waals surface area contributed by atoms with E-state index in [0.717, 1.165) is 13.1 Å². The molecule has 0 bridgehead atoms. The standard InChI is InChI=1S/C11H22N2O3S/c1-11(2)8-13(10(6-14)5-12-11)9-3-4-17(15,16)7-9/h9-10,12,14H,3-8H2,1-2H3. The van der Waals surface area contributed by atoms with Gasteiger partial charge < -0.3 is 10.4 Å². The smallest absolute Gasteiger partial charge is 0.151 e. The van der Waals surface area contributed by atoms with Gasteiger partial charge in [0.05, 0.1) is 18.1 Å². The van der Waals surface area contributed by atoms with Gasteiger partial charge in [0.2, 0.25) is 0 Å². The third-order valence-electron chi connectivity index (χ3n) is 3.75. The molecule has 2 unspecified atom stereocenters. The first-order chi connectivity index (χ1) is 7.83. The van der Waals surface area contributed by atoms with Gasteiger partial charge in [0, 0.05) is 30.7 Å². The molecule has 0 aromatic rings. The van der Waals surface area contributed by atoms with Crippen molar-refractivity contribution in [3.8, 4) is 0 Å². The van der Waals surface area contributed by atoms with Crippen LogP contribution in [0.15, 0.2) is 0 Å². The van der Waals surface area contributed by atoms with Gasteiger partial charge in [-0.2, -0.15) is 0 Å². The number of sulfone groups is 1. The van der Waals surface area contributed by atoms with Gasteiger partial charge in [-0.3, -0.25) is 4.90 Å². The minimum Gasteiger partial charge on any atom is -0.395 e. The Morgan fingerprint density at radius 3 is 2.71 bits per heavy atom. The number of nitrogens with one attached hydrogen (secondary N) is 1. The minimum atomic E-state index is -2.86. The SMILES string of the molecule is CC1(C)CN(C2CCS(=O)(=O)C2)C(CO)CN1. The van der Waals surface area contributed by atoms with Crippen molar-refractivity contribution in [2.75, 3.05) is 31.2 Å². The molecule has 100 valence electrons. The molecular weight excluding hydrogens is 240 g/mol. The van der Waals surface area contributed by atoms with Crippen LogP contribution < -0.4 is 5.32 Å². The average molecular weight is 262 g/mol. The normalized spacial score (nSPS) is 37.1. The molecule has 2 rings (SSSR count). The molecule has 2 fully saturated rings. The first-order valence-electron chi connectivity index (χ1n) is 6.15. The lowest BCUT2D eigenvalue weighted by Crippen LogP contribution is -2.65. The van der Waals surface area contributed by atoms with E-state index in [1.165, 1.54) is 0 Å². The van der Waals surface area contributed by atoms with Crippen LogP contribution in [-0.2, 0) is 9.84 Å². The van der Waals surface area contributed by atoms with Crippen molar-refractivity contribution < 1.29 is 13.5 Å². The highest BCUT2D eigenvalue weighted by atomic mass is 32.2. The van der Waals surface area contributed by atoms with Gasteiger partial charge >= 0.3 is 0 Å². The van der Waals surface area contributed by atoms with Crippen LogP contribution in [0.1, 0.15) is 20.3 Å². The highest BCUT2D eigenvalue weighted by Crippen LogP contribution is 2.24. The number of aliphatic hydroxyl groups excluding tert-OH is 1. The number of piperazine rings is 1. The molecule has 0 radical (unpaired) electrons. The lowest BCUT2D eigenvalue weighted by molar-refractivity contribution is 0.0314. The molecule has 5 nitrogen and oxygen atoms in total. The minimum absolute atomic E-state index is 0.0159. The predicted octanol–water partition coefficient (Wildman–Crippen LogP) is -0.782. The van der Waals surface area contributed by atoms with Crippen molar-refractivity contribution in [1.29, 1.82) is 0 Å². The second kappa shape index (κ2) is 4.50. The molecule has 2 heterocycles. The maximum absolute atomic E-state index is 11.5. The molecule has 0 amide bonds. The van der Waals surface area contributed by atoms with E-state index < -0.39 is 9.84 Å². The fourth-order valence-electron chi connectivity index (χ4n) is 2.79. The van der Waals surface area contributed by atoms with Crippen LogP contribution in [-0.4, -0.2) is 67.2 Å². The van der Waals surface area contributed by atoms with Gasteiger partial charge in [0.15, 0.2) is 9.84 Å². The Balaban J connectivity index is 2.11. The Kier molecular flexibility index (Phi) is 3.51. The molecule has 6 heteroatoms. The first-order valence-corrected chi connectivity index (χ1v) is 7.97. The van der Waals surface area contributed by atoms with Gasteiger partial charge in [0.25, 0.3) is 0 Å². The maximum atomic E-state index is 11.5. The largest absolute Gasteiger partial charge is 0.395 e. The highest BCUT2D eigenvalue weighted by Gasteiger charge is 2.40. The fourth-order valence-corrected chi connectivity index (χ4v) is 4.53. The molecule has 2 saturated heterocycles. The average Bonchev–Trinajstić information content (AvgIpc) is 2.58. The zero-order valence-corrected chi connectivity index (χ0v) is 11.3. The van der Waals surface area contributed by atoms with E-state index in [9.17, 15) is 13.5 Å². The summed E-state index contributed by atoms with van der Waals surface area (Å²) >= 11 is 0. The Labute approximate surface area is 103 Å². The molecule has 2 aliphatic rings. The van der Waals surface area contributed by atoms with Crippen molar-refractivity contribution in [3.63, 3.8) is 0 Å². The fraction of sp³-hybridized carbons (Fsp3) is 1.00. The molecule has 2 atom stereocenters. The summed E-state index contributed by atoms with van der Waals surface area (Å²) in [5.41, 5.74) is -0.0159. The summed E-state index contributed by atoms with van der Waals surface area (Å²) in [6, 6.07) is 0.125. The number of aliphatic hydroxyl groups is 1. The van der Waals surface area contributed by atoms with E-state index in [1.54, 1.807) is 0 Å². The summed E-state index contributed by atoms with van der Waals surface area (Å²) in [4.78, 5) is 2.18. The van der Waals surface area contributed by atoms with Gasteiger partial charge in [-0.15, -0.1) is 0 Å². The Bertz CT molecular complexity index is 380. The van der Waals surface area contributed by atoms with Crippen molar-refractivity contribution >= 4 is 9.84 Å². The van der Waals surface area contributed by atoms with Gasteiger partial charge in [-0.05, 0) is 20.3 Å². The number of hydrogen-bond acceptors (Lipinski definition) is 5. The van der Waals surface area contributed by atoms with Crippen molar-refractivity contribution in [2.24, 2.45) is 0 Å². The third kappa shape index (κ3) is 2.99. The van der Waals surface area contributed by atoms with Crippen LogP contribution >= 0.6 is 0 Å². The lowest BCUT2D eigenvalue weighted by Gasteiger charge is -2.46. The summed E-state index contributed by atoms with van der Waals surface area (Å²) in [6.07, 6.45) is 0.703. The quantitative estimate of drug-likeness (QED) is 0.683. The summed E-state index contributed by atoms with van der Waals surface area (Å²) < 4.78 is 23.1. The maximum Gasteiger partial charge on any atom is 0.151 e. The molecule has 17 heavy (non-hydrogen) atoms. The van der Waals surface area contributed by atoms with Gasteiger partial charge in [0.1, 0.15) is 0 Å². The molecule has 0 aliphatic carbocycles. The second-order valence-electron chi connectivity index (χ2n) is 5.83. The summed E-state index contributed by atoms with van der Waals surface area (Å²) in [7, 11) is -2.86. The van der Waals surface area contributed by atoms with Crippen LogP contribution in [0.3, 0.4) is 0 Å². The van der Waals surface area contributed by atoms with Crippen LogP contribution in [0.2, 0.25) is 0 Å². The monoisotopic (exact) mass is 262 g/mol. The second-order valence-corrected chi connectivity index (χ2v) is 8.06. The summed E-state index contributed by atoms with van der Waals surface area (Å²) in [5, 5.41) is 12.8. The zero-order valence-electron chi connectivity index (χ0n) is 10.5. The van der Waals surface area contributed by atoms with Gasteiger partial charge in [-0.25, -0.2) is 8.42 Å². The molecule has 0 saturated carbocycles. The van der Waals surface area contributed by atoms with E-state index in [-0.39, 0.29) is 30.0 Å². The van der Waals surface area contributed by atoms with Crippen LogP contribution in [0.5, 0.6) is 0 Å². The number of rotatable bonds is 2. The Morgan fingerprint density at radius 1 is 1.47 bits per heavy atom. The highest BCUT2D eigenvalue weighted by molar-refractivity contribution is 7.91. The number of hydrogen-bond donors (Lipinski definition) is 2. The van der Waals surface area contributed by atoms with Crippen molar-refractivity contribution in [1.82, 2.24) is 10.2 Å². The Morgan fingerprint density at radius 2 is 2.18 bits per heavy atom. The Hall–Kier alpha value is -0.170. The topological polar surface area (TPSA) is 69.6 Å². The molecule has 0 spiro atoms. The molecule has 2 N–H and O–H groups in total. The third-order valence-corrected chi connectivity index (χ3v) is 5.50. The van der Waals surface area contributed by atoms with Crippen molar-refractivity contribution in [3.05, 3.63) is 0 Å².